The van der Waals surface area contributed by atoms with Gasteiger partial charge >= 0.3 is 0 Å². The molecule has 1 N–H and O–H groups in total. The molecule has 1 aromatic heterocycles. The van der Waals surface area contributed by atoms with E-state index in [1.165, 1.54) is 5.56 Å². The Labute approximate surface area is 131 Å². The van der Waals surface area contributed by atoms with Crippen LogP contribution in [0.15, 0.2) is 30.6 Å². The fourth-order valence-corrected chi connectivity index (χ4v) is 2.62. The molecule has 0 spiro atoms. The zero-order valence-corrected chi connectivity index (χ0v) is 13.7. The van der Waals surface area contributed by atoms with Crippen LogP contribution in [0.2, 0.25) is 5.02 Å². The van der Waals surface area contributed by atoms with Crippen molar-refractivity contribution in [1.29, 1.82) is 0 Å². The molecule has 0 aliphatic rings. The fourth-order valence-electron chi connectivity index (χ4n) is 2.38. The van der Waals surface area contributed by atoms with E-state index in [-0.39, 0.29) is 0 Å². The van der Waals surface area contributed by atoms with Gasteiger partial charge in [-0.3, -0.25) is 4.68 Å². The van der Waals surface area contributed by atoms with Crippen LogP contribution in [0, 0.1) is 0 Å². The van der Waals surface area contributed by atoms with Crippen LogP contribution in [0.4, 0.5) is 5.69 Å². The van der Waals surface area contributed by atoms with Crippen LogP contribution in [-0.4, -0.2) is 23.4 Å². The number of rotatable bonds is 7. The summed E-state index contributed by atoms with van der Waals surface area (Å²) in [5, 5.41) is 8.46. The highest BCUT2D eigenvalue weighted by Gasteiger charge is 2.11. The highest BCUT2D eigenvalue weighted by Crippen LogP contribution is 2.27. The largest absolute Gasteiger partial charge is 0.370 e. The van der Waals surface area contributed by atoms with Crippen LogP contribution in [0.5, 0.6) is 0 Å². The first-order chi connectivity index (χ1) is 10.1. The maximum atomic E-state index is 6.38. The molecule has 21 heavy (non-hydrogen) atoms. The molecule has 1 aromatic carbocycles. The molecule has 0 atom stereocenters. The van der Waals surface area contributed by atoms with Crippen molar-refractivity contribution in [3.63, 3.8) is 0 Å². The van der Waals surface area contributed by atoms with Gasteiger partial charge in [-0.05, 0) is 25.1 Å². The van der Waals surface area contributed by atoms with E-state index in [9.17, 15) is 0 Å². The van der Waals surface area contributed by atoms with Gasteiger partial charge < -0.3 is 10.2 Å². The van der Waals surface area contributed by atoms with Crippen molar-refractivity contribution >= 4 is 17.3 Å². The van der Waals surface area contributed by atoms with Gasteiger partial charge in [0.1, 0.15) is 0 Å². The van der Waals surface area contributed by atoms with Gasteiger partial charge in [-0.15, -0.1) is 0 Å². The minimum Gasteiger partial charge on any atom is -0.370 e. The molecule has 0 fully saturated rings. The molecule has 0 unspecified atom stereocenters. The third-order valence-electron chi connectivity index (χ3n) is 3.41. The Hall–Kier alpha value is -1.52. The smallest absolute Gasteiger partial charge is 0.0539 e. The Bertz CT molecular complexity index is 579. The first-order valence-electron chi connectivity index (χ1n) is 7.28. The average Bonchev–Trinajstić information content (AvgIpc) is 2.86. The van der Waals surface area contributed by atoms with E-state index in [4.69, 9.17) is 11.6 Å². The van der Waals surface area contributed by atoms with E-state index in [0.717, 1.165) is 42.3 Å². The molecule has 0 radical (unpaired) electrons. The zero-order chi connectivity index (χ0) is 15.2. The standard InChI is InChI=1S/C16H23ClN4/c1-4-8-18-10-14-15(17)6-5-7-16(14)20(2)11-13-9-19-21(3)12-13/h5-7,9,12,18H,4,8,10-11H2,1-3H3. The molecule has 2 rings (SSSR count). The van der Waals surface area contributed by atoms with Crippen LogP contribution in [0.3, 0.4) is 0 Å². The van der Waals surface area contributed by atoms with E-state index >= 15 is 0 Å². The van der Waals surface area contributed by atoms with E-state index in [1.54, 1.807) is 0 Å². The number of benzene rings is 1. The van der Waals surface area contributed by atoms with Crippen molar-refractivity contribution in [2.75, 3.05) is 18.5 Å². The first-order valence-corrected chi connectivity index (χ1v) is 7.66. The number of anilines is 1. The van der Waals surface area contributed by atoms with Crippen LogP contribution in [-0.2, 0) is 20.1 Å². The van der Waals surface area contributed by atoms with Gasteiger partial charge in [0.15, 0.2) is 0 Å². The van der Waals surface area contributed by atoms with E-state index in [2.05, 4.69) is 35.4 Å². The number of aromatic nitrogens is 2. The number of halogens is 1. The molecule has 5 heteroatoms. The van der Waals surface area contributed by atoms with Crippen molar-refractivity contribution in [2.24, 2.45) is 7.05 Å². The van der Waals surface area contributed by atoms with E-state index < -0.39 is 0 Å². The van der Waals surface area contributed by atoms with Gasteiger partial charge in [0.2, 0.25) is 0 Å². The highest BCUT2D eigenvalue weighted by molar-refractivity contribution is 6.31. The van der Waals surface area contributed by atoms with Crippen LogP contribution in [0.1, 0.15) is 24.5 Å². The number of aryl methyl sites for hydroxylation is 1. The molecule has 114 valence electrons. The maximum Gasteiger partial charge on any atom is 0.0539 e. The lowest BCUT2D eigenvalue weighted by molar-refractivity contribution is 0.674. The Morgan fingerprint density at radius 2 is 2.19 bits per heavy atom. The SMILES string of the molecule is CCCNCc1c(Cl)cccc1N(C)Cc1cnn(C)c1. The summed E-state index contributed by atoms with van der Waals surface area (Å²) < 4.78 is 1.82. The molecule has 1 heterocycles. The Morgan fingerprint density at radius 1 is 1.38 bits per heavy atom. The number of nitrogens with one attached hydrogen (secondary N) is 1. The van der Waals surface area contributed by atoms with Crippen molar-refractivity contribution in [3.05, 3.63) is 46.7 Å². The lowest BCUT2D eigenvalue weighted by atomic mass is 10.1. The Morgan fingerprint density at radius 3 is 2.86 bits per heavy atom. The molecule has 0 saturated heterocycles. The summed E-state index contributed by atoms with van der Waals surface area (Å²) in [5.41, 5.74) is 3.50. The van der Waals surface area contributed by atoms with Gasteiger partial charge in [-0.25, -0.2) is 0 Å². The Kier molecular flexibility index (Phi) is 5.65. The summed E-state index contributed by atoms with van der Waals surface area (Å²) >= 11 is 6.38. The third-order valence-corrected chi connectivity index (χ3v) is 3.77. The summed E-state index contributed by atoms with van der Waals surface area (Å²) in [6.45, 7) is 4.77. The maximum absolute atomic E-state index is 6.38. The predicted molar refractivity (Wildman–Crippen MR) is 88.8 cm³/mol. The fraction of sp³-hybridized carbons (Fsp3) is 0.438. The van der Waals surface area contributed by atoms with E-state index in [0.29, 0.717) is 0 Å². The normalized spacial score (nSPS) is 10.9. The quantitative estimate of drug-likeness (QED) is 0.797. The second kappa shape index (κ2) is 7.48. The molecule has 0 aliphatic carbocycles. The molecule has 2 aromatic rings. The topological polar surface area (TPSA) is 33.1 Å². The monoisotopic (exact) mass is 306 g/mol. The molecule has 4 nitrogen and oxygen atoms in total. The van der Waals surface area contributed by atoms with Gasteiger partial charge in [-0.2, -0.15) is 5.10 Å². The molecule has 0 bridgehead atoms. The minimum atomic E-state index is 0.792. The van der Waals surface area contributed by atoms with Gasteiger partial charge in [-0.1, -0.05) is 24.6 Å². The van der Waals surface area contributed by atoms with Crippen molar-refractivity contribution in [3.8, 4) is 0 Å². The number of hydrogen-bond donors (Lipinski definition) is 1. The highest BCUT2D eigenvalue weighted by atomic mass is 35.5. The molecular weight excluding hydrogens is 284 g/mol. The van der Waals surface area contributed by atoms with Crippen LogP contribution in [0.25, 0.3) is 0 Å². The average molecular weight is 307 g/mol. The molecule has 0 saturated carbocycles. The number of hydrogen-bond acceptors (Lipinski definition) is 3. The molecule has 0 amide bonds. The van der Waals surface area contributed by atoms with Gasteiger partial charge in [0, 0.05) is 55.2 Å². The summed E-state index contributed by atoms with van der Waals surface area (Å²) in [5.74, 6) is 0. The van der Waals surface area contributed by atoms with Crippen molar-refractivity contribution < 1.29 is 0 Å². The second-order valence-electron chi connectivity index (χ2n) is 5.29. The number of nitrogens with zero attached hydrogens (tertiary/aromatic N) is 3. The lowest BCUT2D eigenvalue weighted by Gasteiger charge is -2.23. The minimum absolute atomic E-state index is 0.792. The molecule has 0 aliphatic heterocycles. The lowest BCUT2D eigenvalue weighted by Crippen LogP contribution is -2.21. The summed E-state index contributed by atoms with van der Waals surface area (Å²) in [4.78, 5) is 2.21. The third kappa shape index (κ3) is 4.22. The van der Waals surface area contributed by atoms with Crippen LogP contribution < -0.4 is 10.2 Å². The Balaban J connectivity index is 2.15. The van der Waals surface area contributed by atoms with Gasteiger partial charge in [0.25, 0.3) is 0 Å². The van der Waals surface area contributed by atoms with E-state index in [1.807, 2.05) is 36.3 Å². The summed E-state index contributed by atoms with van der Waals surface area (Å²) in [6.07, 6.45) is 5.05. The van der Waals surface area contributed by atoms with Crippen molar-refractivity contribution in [1.82, 2.24) is 15.1 Å². The van der Waals surface area contributed by atoms with Gasteiger partial charge in [0.05, 0.1) is 6.20 Å². The second-order valence-corrected chi connectivity index (χ2v) is 5.70. The van der Waals surface area contributed by atoms with Crippen molar-refractivity contribution in [2.45, 2.75) is 26.4 Å². The molecular formula is C16H23ClN4. The van der Waals surface area contributed by atoms with Crippen LogP contribution >= 0.6 is 11.6 Å². The predicted octanol–water partition coefficient (Wildman–Crippen LogP) is 3.21. The zero-order valence-electron chi connectivity index (χ0n) is 12.9. The summed E-state index contributed by atoms with van der Waals surface area (Å²) in [7, 11) is 4.02. The first kappa shape index (κ1) is 15.9. The summed E-state index contributed by atoms with van der Waals surface area (Å²) in [6, 6.07) is 6.07.